The maximum atomic E-state index is 12.5. The van der Waals surface area contributed by atoms with Gasteiger partial charge in [0.15, 0.2) is 0 Å². The monoisotopic (exact) mass is 208 g/mol. The number of hydrogen-bond acceptors (Lipinski definition) is 2. The molecule has 1 aliphatic rings. The van der Waals surface area contributed by atoms with Crippen LogP contribution in [0.5, 0.6) is 0 Å². The van der Waals surface area contributed by atoms with E-state index in [-0.39, 0.29) is 19.4 Å². The van der Waals surface area contributed by atoms with Crippen LogP contribution in [0.15, 0.2) is 0 Å². The Labute approximate surface area is 82.9 Å². The number of aliphatic hydroxyl groups is 2. The van der Waals surface area contributed by atoms with Crippen molar-refractivity contribution >= 4 is 0 Å². The van der Waals surface area contributed by atoms with Crippen molar-refractivity contribution in [2.75, 3.05) is 20.0 Å². The quantitative estimate of drug-likeness (QED) is 0.734. The lowest BCUT2D eigenvalue weighted by Crippen LogP contribution is -2.62. The summed E-state index contributed by atoms with van der Waals surface area (Å²) in [6, 6.07) is 0. The Kier molecular flexibility index (Phi) is 2.89. The third-order valence-electron chi connectivity index (χ3n) is 3.56. The topological polar surface area (TPSA) is 40.5 Å². The number of halogens is 2. The first-order chi connectivity index (χ1) is 6.35. The van der Waals surface area contributed by atoms with Gasteiger partial charge in [-0.15, -0.1) is 0 Å². The van der Waals surface area contributed by atoms with Crippen molar-refractivity contribution in [2.24, 2.45) is 10.8 Å². The number of hydrogen-bond donors (Lipinski definition) is 2. The van der Waals surface area contributed by atoms with Crippen molar-refractivity contribution in [1.29, 1.82) is 0 Å². The highest BCUT2D eigenvalue weighted by atomic mass is 19.1. The average molecular weight is 208 g/mol. The highest BCUT2D eigenvalue weighted by Crippen LogP contribution is 2.56. The Morgan fingerprint density at radius 3 is 1.93 bits per heavy atom. The molecule has 2 N–H and O–H groups in total. The lowest BCUT2D eigenvalue weighted by Gasteiger charge is -2.57. The van der Waals surface area contributed by atoms with Gasteiger partial charge < -0.3 is 10.2 Å². The fourth-order valence-electron chi connectivity index (χ4n) is 2.04. The van der Waals surface area contributed by atoms with E-state index in [2.05, 4.69) is 0 Å². The summed E-state index contributed by atoms with van der Waals surface area (Å²) in [5.41, 5.74) is -2.82. The van der Waals surface area contributed by atoms with Gasteiger partial charge >= 0.3 is 0 Å². The van der Waals surface area contributed by atoms with Crippen LogP contribution in [-0.4, -0.2) is 35.8 Å². The highest BCUT2D eigenvalue weighted by Gasteiger charge is 2.60. The minimum absolute atomic E-state index is 0.0978. The van der Waals surface area contributed by atoms with Crippen LogP contribution >= 0.6 is 0 Å². The number of rotatable bonds is 4. The second-order valence-electron chi connectivity index (χ2n) is 5.19. The van der Waals surface area contributed by atoms with Crippen molar-refractivity contribution in [3.8, 4) is 0 Å². The van der Waals surface area contributed by atoms with E-state index in [4.69, 9.17) is 5.11 Å². The zero-order valence-corrected chi connectivity index (χ0v) is 8.69. The molecular formula is C10H18F2O2. The van der Waals surface area contributed by atoms with Crippen LogP contribution in [0.25, 0.3) is 0 Å². The minimum atomic E-state index is -1.13. The van der Waals surface area contributed by atoms with E-state index in [9.17, 15) is 13.9 Å². The molecule has 0 aliphatic heterocycles. The summed E-state index contributed by atoms with van der Waals surface area (Å²) >= 11 is 0. The molecule has 0 aromatic rings. The van der Waals surface area contributed by atoms with Crippen molar-refractivity contribution < 1.29 is 19.0 Å². The molecule has 2 nitrogen and oxygen atoms in total. The first kappa shape index (κ1) is 11.9. The second kappa shape index (κ2) is 3.42. The van der Waals surface area contributed by atoms with Crippen LogP contribution in [0.1, 0.15) is 26.7 Å². The third-order valence-corrected chi connectivity index (χ3v) is 3.56. The fraction of sp³-hybridized carbons (Fsp3) is 1.00. The summed E-state index contributed by atoms with van der Waals surface area (Å²) in [6.45, 7) is 1.74. The van der Waals surface area contributed by atoms with Gasteiger partial charge in [0.25, 0.3) is 0 Å². The van der Waals surface area contributed by atoms with E-state index < -0.39 is 29.8 Å². The Morgan fingerprint density at radius 2 is 1.64 bits per heavy atom. The maximum absolute atomic E-state index is 12.5. The fourth-order valence-corrected chi connectivity index (χ4v) is 2.04. The van der Waals surface area contributed by atoms with Crippen molar-refractivity contribution in [2.45, 2.75) is 32.3 Å². The zero-order valence-electron chi connectivity index (χ0n) is 8.69. The Morgan fingerprint density at radius 1 is 1.21 bits per heavy atom. The van der Waals surface area contributed by atoms with Gasteiger partial charge in [0, 0.05) is 10.8 Å². The van der Waals surface area contributed by atoms with E-state index in [1.165, 1.54) is 0 Å². The van der Waals surface area contributed by atoms with Gasteiger partial charge in [-0.3, -0.25) is 8.78 Å². The smallest absolute Gasteiger partial charge is 0.0977 e. The first-order valence-electron chi connectivity index (χ1n) is 4.80. The van der Waals surface area contributed by atoms with Gasteiger partial charge in [-0.25, -0.2) is 0 Å². The van der Waals surface area contributed by atoms with E-state index in [1.54, 1.807) is 13.8 Å². The Balaban J connectivity index is 2.69. The summed E-state index contributed by atoms with van der Waals surface area (Å²) in [5, 5.41) is 19.1. The van der Waals surface area contributed by atoms with Gasteiger partial charge in [0.1, 0.15) is 0 Å². The summed E-state index contributed by atoms with van der Waals surface area (Å²) in [5.74, 6) is 0. The van der Waals surface area contributed by atoms with Gasteiger partial charge in [-0.1, -0.05) is 13.8 Å². The predicted octanol–water partition coefficient (Wildman–Crippen LogP) is 1.46. The molecule has 0 bridgehead atoms. The molecule has 0 atom stereocenters. The summed E-state index contributed by atoms with van der Waals surface area (Å²) < 4.78 is 25.0. The molecule has 1 fully saturated rings. The van der Waals surface area contributed by atoms with E-state index in [0.29, 0.717) is 0 Å². The molecule has 1 saturated carbocycles. The summed E-state index contributed by atoms with van der Waals surface area (Å²) in [7, 11) is 0. The summed E-state index contributed by atoms with van der Waals surface area (Å²) in [6.07, 6.45) is 0.196. The SMILES string of the molecule is CC(C)(CO)C1(O)CC(CF)(CF)C1. The van der Waals surface area contributed by atoms with Gasteiger partial charge in [0.2, 0.25) is 0 Å². The van der Waals surface area contributed by atoms with Gasteiger partial charge in [-0.05, 0) is 12.8 Å². The van der Waals surface area contributed by atoms with Crippen LogP contribution in [0, 0.1) is 10.8 Å². The average Bonchev–Trinajstić information content (AvgIpc) is 2.12. The van der Waals surface area contributed by atoms with Crippen molar-refractivity contribution in [1.82, 2.24) is 0 Å². The third kappa shape index (κ3) is 1.54. The lowest BCUT2D eigenvalue weighted by molar-refractivity contribution is -0.213. The first-order valence-corrected chi connectivity index (χ1v) is 4.80. The normalized spacial score (nSPS) is 24.4. The van der Waals surface area contributed by atoms with Gasteiger partial charge in [-0.2, -0.15) is 0 Å². The Bertz CT molecular complexity index is 204. The van der Waals surface area contributed by atoms with Crippen LogP contribution in [0.4, 0.5) is 8.78 Å². The molecule has 0 spiro atoms. The Hall–Kier alpha value is -0.220. The number of aliphatic hydroxyl groups excluding tert-OH is 1. The standard InChI is InChI=1S/C10H18F2O2/c1-8(2,7-13)10(14)3-9(4-10,5-11)6-12/h13-14H,3-7H2,1-2H3. The molecule has 0 amide bonds. The molecule has 1 rings (SSSR count). The molecule has 0 aromatic heterocycles. The molecule has 14 heavy (non-hydrogen) atoms. The molecule has 1 aliphatic carbocycles. The van der Waals surface area contributed by atoms with Crippen LogP contribution < -0.4 is 0 Å². The highest BCUT2D eigenvalue weighted by molar-refractivity contribution is 5.10. The van der Waals surface area contributed by atoms with Crippen LogP contribution in [0.3, 0.4) is 0 Å². The molecule has 0 saturated heterocycles. The molecule has 0 aromatic carbocycles. The second-order valence-corrected chi connectivity index (χ2v) is 5.19. The van der Waals surface area contributed by atoms with Crippen molar-refractivity contribution in [3.63, 3.8) is 0 Å². The molecule has 84 valence electrons. The van der Waals surface area contributed by atoms with Crippen molar-refractivity contribution in [3.05, 3.63) is 0 Å². The maximum Gasteiger partial charge on any atom is 0.0977 e. The molecule has 0 unspecified atom stereocenters. The van der Waals surface area contributed by atoms with E-state index in [1.807, 2.05) is 0 Å². The van der Waals surface area contributed by atoms with E-state index in [0.717, 1.165) is 0 Å². The summed E-state index contributed by atoms with van der Waals surface area (Å²) in [4.78, 5) is 0. The van der Waals surface area contributed by atoms with Crippen LogP contribution in [-0.2, 0) is 0 Å². The zero-order chi connectivity index (χ0) is 11.0. The molecule has 0 radical (unpaired) electrons. The van der Waals surface area contributed by atoms with Crippen LogP contribution in [0.2, 0.25) is 0 Å². The lowest BCUT2D eigenvalue weighted by atomic mass is 9.52. The van der Waals surface area contributed by atoms with E-state index >= 15 is 0 Å². The predicted molar refractivity (Wildman–Crippen MR) is 49.4 cm³/mol. The largest absolute Gasteiger partial charge is 0.396 e. The molecule has 4 heteroatoms. The minimum Gasteiger partial charge on any atom is -0.396 e. The van der Waals surface area contributed by atoms with Gasteiger partial charge in [0.05, 0.1) is 25.6 Å². The molecule has 0 heterocycles. The number of alkyl halides is 2. The molecular weight excluding hydrogens is 190 g/mol.